The summed E-state index contributed by atoms with van der Waals surface area (Å²) < 4.78 is 0.978. The summed E-state index contributed by atoms with van der Waals surface area (Å²) in [4.78, 5) is 26.0. The van der Waals surface area contributed by atoms with Crippen LogP contribution in [0.5, 0.6) is 0 Å². The van der Waals surface area contributed by atoms with E-state index in [0.29, 0.717) is 5.56 Å². The van der Waals surface area contributed by atoms with Gasteiger partial charge in [-0.05, 0) is 52.9 Å². The van der Waals surface area contributed by atoms with E-state index in [-0.39, 0.29) is 16.7 Å². The van der Waals surface area contributed by atoms with E-state index in [9.17, 15) is 14.9 Å². The molecule has 0 saturated heterocycles. The predicted octanol–water partition coefficient (Wildman–Crippen LogP) is 3.50. The Balaban J connectivity index is 2.29. The monoisotopic (exact) mass is 403 g/mol. The Kier molecular flexibility index (Phi) is 4.50. The average Bonchev–Trinajstić information content (AvgIpc) is 2.39. The van der Waals surface area contributed by atoms with Crippen molar-refractivity contribution in [1.29, 1.82) is 0 Å². The number of aromatic nitrogens is 1. The van der Waals surface area contributed by atoms with Crippen molar-refractivity contribution in [2.45, 2.75) is 0 Å². The molecule has 0 aliphatic carbocycles. The summed E-state index contributed by atoms with van der Waals surface area (Å²) in [5.74, 6) is -0.662. The van der Waals surface area contributed by atoms with Crippen molar-refractivity contribution in [2.24, 2.45) is 0 Å². The zero-order valence-corrected chi connectivity index (χ0v) is 12.8. The van der Waals surface area contributed by atoms with Gasteiger partial charge in [-0.2, -0.15) is 0 Å². The lowest BCUT2D eigenvalue weighted by Crippen LogP contribution is -2.14. The molecule has 0 aliphatic heterocycles. The summed E-state index contributed by atoms with van der Waals surface area (Å²) in [5.41, 5.74) is 0.0646. The molecule has 2 rings (SSSR count). The molecule has 0 saturated carbocycles. The molecule has 102 valence electrons. The number of benzene rings is 1. The Bertz CT molecular complexity index is 676. The molecule has 0 atom stereocenters. The van der Waals surface area contributed by atoms with Crippen LogP contribution in [0.3, 0.4) is 0 Å². The molecule has 0 spiro atoms. The van der Waals surface area contributed by atoms with Crippen LogP contribution in [0.15, 0.2) is 36.4 Å². The molecule has 1 aromatic heterocycles. The quantitative estimate of drug-likeness (QED) is 0.368. The number of carbonyl (C=O) groups excluding carboxylic acids is 1. The largest absolute Gasteiger partial charge is 0.311 e. The van der Waals surface area contributed by atoms with Crippen molar-refractivity contribution in [3.63, 3.8) is 0 Å². The van der Waals surface area contributed by atoms with Gasteiger partial charge in [-0.3, -0.25) is 14.9 Å². The SMILES string of the molecule is O=C(Nc1nc(Cl)ccc1[N+](=O)[O-])c1ccc(I)cc1. The number of nitro groups is 1. The second-order valence-electron chi connectivity index (χ2n) is 3.72. The highest BCUT2D eigenvalue weighted by atomic mass is 127. The van der Waals surface area contributed by atoms with Crippen molar-refractivity contribution >= 4 is 51.6 Å². The first-order chi connectivity index (χ1) is 9.47. The number of anilines is 1. The number of pyridine rings is 1. The first-order valence-electron chi connectivity index (χ1n) is 5.35. The number of nitrogens with one attached hydrogen (secondary N) is 1. The van der Waals surface area contributed by atoms with E-state index in [0.717, 1.165) is 3.57 Å². The van der Waals surface area contributed by atoms with Crippen molar-refractivity contribution in [2.75, 3.05) is 5.32 Å². The number of amides is 1. The van der Waals surface area contributed by atoms with Crippen LogP contribution in [0.2, 0.25) is 5.15 Å². The van der Waals surface area contributed by atoms with Crippen molar-refractivity contribution in [3.05, 3.63) is 60.8 Å². The van der Waals surface area contributed by atoms with Gasteiger partial charge in [0.15, 0.2) is 0 Å². The predicted molar refractivity (Wildman–Crippen MR) is 83.0 cm³/mol. The average molecular weight is 404 g/mol. The van der Waals surface area contributed by atoms with E-state index in [2.05, 4.69) is 32.9 Å². The molecule has 0 fully saturated rings. The maximum atomic E-state index is 12.0. The summed E-state index contributed by atoms with van der Waals surface area (Å²) in [6.45, 7) is 0. The topological polar surface area (TPSA) is 85.1 Å². The summed E-state index contributed by atoms with van der Waals surface area (Å²) in [6.07, 6.45) is 0. The van der Waals surface area contributed by atoms with Crippen LogP contribution in [0.4, 0.5) is 11.5 Å². The van der Waals surface area contributed by atoms with Gasteiger partial charge >= 0.3 is 5.69 Å². The van der Waals surface area contributed by atoms with Crippen LogP contribution in [0.1, 0.15) is 10.4 Å². The third-order valence-corrected chi connectivity index (χ3v) is 3.30. The zero-order chi connectivity index (χ0) is 14.7. The van der Waals surface area contributed by atoms with Crippen LogP contribution < -0.4 is 5.32 Å². The highest BCUT2D eigenvalue weighted by Gasteiger charge is 2.18. The third-order valence-electron chi connectivity index (χ3n) is 2.38. The standard InChI is InChI=1S/C12H7ClIN3O3/c13-10-6-5-9(17(19)20)11(15-10)16-12(18)7-1-3-8(14)4-2-7/h1-6H,(H,15,16,18). The molecule has 0 aliphatic rings. The maximum Gasteiger partial charge on any atom is 0.311 e. The highest BCUT2D eigenvalue weighted by Crippen LogP contribution is 2.24. The minimum atomic E-state index is -0.632. The molecule has 8 heteroatoms. The molecule has 6 nitrogen and oxygen atoms in total. The first-order valence-corrected chi connectivity index (χ1v) is 6.81. The van der Waals surface area contributed by atoms with Crippen molar-refractivity contribution < 1.29 is 9.72 Å². The fourth-order valence-corrected chi connectivity index (χ4v) is 1.96. The highest BCUT2D eigenvalue weighted by molar-refractivity contribution is 14.1. The van der Waals surface area contributed by atoms with Gasteiger partial charge in [0.1, 0.15) is 5.15 Å². The Morgan fingerprint density at radius 3 is 2.50 bits per heavy atom. The molecule has 1 N–H and O–H groups in total. The Morgan fingerprint density at radius 2 is 1.90 bits per heavy atom. The minimum Gasteiger partial charge on any atom is -0.301 e. The summed E-state index contributed by atoms with van der Waals surface area (Å²) in [7, 11) is 0. The summed E-state index contributed by atoms with van der Waals surface area (Å²) in [5, 5.41) is 13.3. The fraction of sp³-hybridized carbons (Fsp3) is 0. The minimum absolute atomic E-state index is 0.0634. The summed E-state index contributed by atoms with van der Waals surface area (Å²) >= 11 is 7.80. The maximum absolute atomic E-state index is 12.0. The van der Waals surface area contributed by atoms with Gasteiger partial charge in [-0.1, -0.05) is 11.6 Å². The van der Waals surface area contributed by atoms with Crippen molar-refractivity contribution in [1.82, 2.24) is 4.98 Å². The Morgan fingerprint density at radius 1 is 1.25 bits per heavy atom. The van der Waals surface area contributed by atoms with Crippen LogP contribution in [-0.4, -0.2) is 15.8 Å². The number of hydrogen-bond acceptors (Lipinski definition) is 4. The Labute approximate surface area is 132 Å². The first kappa shape index (κ1) is 14.7. The Hall–Kier alpha value is -1.74. The van der Waals surface area contributed by atoms with Crippen LogP contribution in [-0.2, 0) is 0 Å². The number of carbonyl (C=O) groups is 1. The molecule has 0 unspecified atom stereocenters. The van der Waals surface area contributed by atoms with E-state index in [1.54, 1.807) is 24.3 Å². The van der Waals surface area contributed by atoms with Gasteiger partial charge in [-0.15, -0.1) is 0 Å². The van der Waals surface area contributed by atoms with Gasteiger partial charge < -0.3 is 5.32 Å². The van der Waals surface area contributed by atoms with Crippen LogP contribution in [0.25, 0.3) is 0 Å². The number of rotatable bonds is 3. The third kappa shape index (κ3) is 3.42. The van der Waals surface area contributed by atoms with Crippen LogP contribution in [0, 0.1) is 13.7 Å². The number of nitrogens with zero attached hydrogens (tertiary/aromatic N) is 2. The molecule has 2 aromatic rings. The second-order valence-corrected chi connectivity index (χ2v) is 5.35. The normalized spacial score (nSPS) is 10.1. The molecular weight excluding hydrogens is 397 g/mol. The molecule has 1 aromatic carbocycles. The van der Waals surface area contributed by atoms with Gasteiger partial charge in [0.25, 0.3) is 5.91 Å². The smallest absolute Gasteiger partial charge is 0.301 e. The lowest BCUT2D eigenvalue weighted by Gasteiger charge is -2.05. The van der Waals surface area contributed by atoms with Gasteiger partial charge in [0.05, 0.1) is 4.92 Å². The summed E-state index contributed by atoms with van der Waals surface area (Å²) in [6, 6.07) is 9.24. The molecular formula is C12H7ClIN3O3. The van der Waals surface area contributed by atoms with Crippen molar-refractivity contribution in [3.8, 4) is 0 Å². The van der Waals surface area contributed by atoms with E-state index in [1.165, 1.54) is 12.1 Å². The second kappa shape index (κ2) is 6.14. The van der Waals surface area contributed by atoms with E-state index in [1.807, 2.05) is 0 Å². The number of hydrogen-bond donors (Lipinski definition) is 1. The molecule has 0 bridgehead atoms. The molecule has 20 heavy (non-hydrogen) atoms. The fourth-order valence-electron chi connectivity index (χ4n) is 1.45. The molecule has 1 heterocycles. The van der Waals surface area contributed by atoms with Gasteiger partial charge in [-0.25, -0.2) is 4.98 Å². The van der Waals surface area contributed by atoms with Gasteiger partial charge in [0.2, 0.25) is 5.82 Å². The van der Waals surface area contributed by atoms with E-state index >= 15 is 0 Å². The van der Waals surface area contributed by atoms with Crippen LogP contribution >= 0.6 is 34.2 Å². The number of halogens is 2. The molecule has 1 amide bonds. The molecule has 0 radical (unpaired) electrons. The zero-order valence-electron chi connectivity index (χ0n) is 9.84. The van der Waals surface area contributed by atoms with Gasteiger partial charge in [0, 0.05) is 15.2 Å². The lowest BCUT2D eigenvalue weighted by atomic mass is 10.2. The lowest BCUT2D eigenvalue weighted by molar-refractivity contribution is -0.384. The van der Waals surface area contributed by atoms with E-state index in [4.69, 9.17) is 11.6 Å². The van der Waals surface area contributed by atoms with E-state index < -0.39 is 10.8 Å².